The summed E-state index contributed by atoms with van der Waals surface area (Å²) < 4.78 is 1.74. The molecule has 148 valence electrons. The highest BCUT2D eigenvalue weighted by Crippen LogP contribution is 2.47. The summed E-state index contributed by atoms with van der Waals surface area (Å²) in [6.07, 6.45) is 2.90. The van der Waals surface area contributed by atoms with Gasteiger partial charge in [0.1, 0.15) is 18.2 Å². The van der Waals surface area contributed by atoms with E-state index >= 15 is 0 Å². The van der Waals surface area contributed by atoms with Crippen molar-refractivity contribution in [1.82, 2.24) is 29.4 Å². The molecule has 10 heteroatoms. The largest absolute Gasteiger partial charge is 0.353 e. The summed E-state index contributed by atoms with van der Waals surface area (Å²) in [7, 11) is 0. The van der Waals surface area contributed by atoms with Crippen LogP contribution in [0.4, 0.5) is 5.82 Å². The third-order valence-corrected chi connectivity index (χ3v) is 7.51. The van der Waals surface area contributed by atoms with E-state index in [0.717, 1.165) is 31.0 Å². The van der Waals surface area contributed by atoms with Gasteiger partial charge in [-0.15, -0.1) is 11.8 Å². The molecular formula is C18H23N7O2S. The van der Waals surface area contributed by atoms with Gasteiger partial charge >= 0.3 is 0 Å². The highest BCUT2D eigenvalue weighted by Gasteiger charge is 2.53. The topological polar surface area (TPSA) is 86.9 Å². The number of carbonyl (C=O) groups is 2. The molecule has 9 nitrogen and oxygen atoms in total. The zero-order valence-electron chi connectivity index (χ0n) is 16.0. The molecule has 2 aromatic heterocycles. The van der Waals surface area contributed by atoms with E-state index in [1.54, 1.807) is 16.3 Å². The second-order valence-corrected chi connectivity index (χ2v) is 9.31. The number of anilines is 1. The lowest BCUT2D eigenvalue weighted by Crippen LogP contribution is -2.56. The average molecular weight is 401 g/mol. The maximum atomic E-state index is 13.2. The van der Waals surface area contributed by atoms with Crippen molar-refractivity contribution in [3.05, 3.63) is 18.1 Å². The van der Waals surface area contributed by atoms with Crippen LogP contribution in [0.2, 0.25) is 0 Å². The molecule has 2 aromatic rings. The lowest BCUT2D eigenvalue weighted by molar-refractivity contribution is -0.143. The molecule has 5 heterocycles. The summed E-state index contributed by atoms with van der Waals surface area (Å²) in [6, 6.07) is 1.68. The second-order valence-electron chi connectivity index (χ2n) is 7.81. The summed E-state index contributed by atoms with van der Waals surface area (Å²) in [5.41, 5.74) is 0.892. The summed E-state index contributed by atoms with van der Waals surface area (Å²) in [4.78, 5) is 39.8. The molecule has 0 saturated carbocycles. The van der Waals surface area contributed by atoms with Crippen LogP contribution in [0.15, 0.2) is 12.4 Å². The molecule has 3 aliphatic heterocycles. The Kier molecular flexibility index (Phi) is 4.01. The first kappa shape index (κ1) is 17.7. The maximum absolute atomic E-state index is 13.2. The van der Waals surface area contributed by atoms with Crippen LogP contribution in [-0.2, 0) is 9.59 Å². The molecule has 5 rings (SSSR count). The Morgan fingerprint density at radius 3 is 2.86 bits per heavy atom. The van der Waals surface area contributed by atoms with Gasteiger partial charge in [-0.05, 0) is 20.3 Å². The van der Waals surface area contributed by atoms with Crippen molar-refractivity contribution in [2.24, 2.45) is 0 Å². The van der Waals surface area contributed by atoms with Gasteiger partial charge in [-0.25, -0.2) is 4.98 Å². The van der Waals surface area contributed by atoms with Crippen molar-refractivity contribution in [3.63, 3.8) is 0 Å². The first-order valence-corrected chi connectivity index (χ1v) is 10.6. The summed E-state index contributed by atoms with van der Waals surface area (Å²) >= 11 is 1.74. The first-order valence-electron chi connectivity index (χ1n) is 9.63. The van der Waals surface area contributed by atoms with Gasteiger partial charge in [0.2, 0.25) is 11.8 Å². The molecule has 2 atom stereocenters. The Morgan fingerprint density at radius 2 is 2.07 bits per heavy atom. The summed E-state index contributed by atoms with van der Waals surface area (Å²) in [6.45, 7) is 6.74. The number of amides is 2. The maximum Gasteiger partial charge on any atom is 0.254 e. The number of nitrogens with zero attached hydrogens (tertiary/aromatic N) is 7. The molecule has 2 amide bonds. The molecule has 28 heavy (non-hydrogen) atoms. The Balaban J connectivity index is 1.30. The van der Waals surface area contributed by atoms with Crippen LogP contribution in [0.5, 0.6) is 0 Å². The number of fused-ring (bicyclic) bond motifs is 2. The van der Waals surface area contributed by atoms with E-state index < -0.39 is 0 Å². The van der Waals surface area contributed by atoms with Gasteiger partial charge in [0.25, 0.3) is 5.78 Å². The van der Waals surface area contributed by atoms with Gasteiger partial charge in [0.15, 0.2) is 0 Å². The van der Waals surface area contributed by atoms with Crippen LogP contribution in [0.3, 0.4) is 0 Å². The smallest absolute Gasteiger partial charge is 0.254 e. The predicted molar refractivity (Wildman–Crippen MR) is 105 cm³/mol. The third-order valence-electron chi connectivity index (χ3n) is 6.01. The first-order chi connectivity index (χ1) is 13.5. The molecule has 3 saturated heterocycles. The molecular weight excluding hydrogens is 378 g/mol. The van der Waals surface area contributed by atoms with Crippen molar-refractivity contribution in [2.75, 3.05) is 36.8 Å². The van der Waals surface area contributed by atoms with Crippen LogP contribution in [-0.4, -0.2) is 84.0 Å². The fourth-order valence-corrected chi connectivity index (χ4v) is 5.93. The van der Waals surface area contributed by atoms with Gasteiger partial charge < -0.3 is 14.7 Å². The number of carbonyl (C=O) groups excluding carboxylic acids is 2. The van der Waals surface area contributed by atoms with Crippen LogP contribution in [0, 0.1) is 6.92 Å². The Labute approximate surface area is 167 Å². The number of thioether (sulfide) groups is 1. The van der Waals surface area contributed by atoms with Gasteiger partial charge in [0.05, 0.1) is 4.87 Å². The van der Waals surface area contributed by atoms with E-state index in [1.807, 2.05) is 22.8 Å². The lowest BCUT2D eigenvalue weighted by atomic mass is 10.2. The number of rotatable bonds is 2. The zero-order chi connectivity index (χ0) is 19.5. The van der Waals surface area contributed by atoms with E-state index in [2.05, 4.69) is 26.9 Å². The number of aryl methyl sites for hydroxylation is 1. The van der Waals surface area contributed by atoms with Crippen LogP contribution in [0.1, 0.15) is 25.5 Å². The van der Waals surface area contributed by atoms with E-state index in [1.165, 1.54) is 6.33 Å². The minimum absolute atomic E-state index is 0.0861. The van der Waals surface area contributed by atoms with Gasteiger partial charge in [-0.1, -0.05) is 0 Å². The Hall–Kier alpha value is -2.36. The van der Waals surface area contributed by atoms with Crippen LogP contribution in [0.25, 0.3) is 5.78 Å². The molecule has 3 fully saturated rings. The molecule has 2 unspecified atom stereocenters. The van der Waals surface area contributed by atoms with E-state index in [0.29, 0.717) is 31.0 Å². The average Bonchev–Trinajstić information content (AvgIpc) is 3.36. The van der Waals surface area contributed by atoms with Crippen molar-refractivity contribution in [2.45, 2.75) is 37.6 Å². The van der Waals surface area contributed by atoms with Crippen molar-refractivity contribution in [3.8, 4) is 0 Å². The number of hydrogen-bond donors (Lipinski definition) is 0. The number of piperazine rings is 1. The van der Waals surface area contributed by atoms with Gasteiger partial charge in [-0.2, -0.15) is 14.6 Å². The summed E-state index contributed by atoms with van der Waals surface area (Å²) in [5, 5.41) is 4.28. The van der Waals surface area contributed by atoms with Crippen LogP contribution < -0.4 is 4.90 Å². The molecule has 3 aliphatic rings. The normalized spacial score (nSPS) is 27.7. The van der Waals surface area contributed by atoms with Crippen molar-refractivity contribution in [1.29, 1.82) is 0 Å². The van der Waals surface area contributed by atoms with Gasteiger partial charge in [-0.3, -0.25) is 9.59 Å². The predicted octanol–water partition coefficient (Wildman–Crippen LogP) is 0.535. The molecule has 0 bridgehead atoms. The summed E-state index contributed by atoms with van der Waals surface area (Å²) in [5.74, 6) is 2.44. The van der Waals surface area contributed by atoms with Crippen LogP contribution >= 0.6 is 11.8 Å². The monoisotopic (exact) mass is 401 g/mol. The number of hydrogen-bond acceptors (Lipinski definition) is 7. The fourth-order valence-electron chi connectivity index (χ4n) is 4.51. The van der Waals surface area contributed by atoms with E-state index in [-0.39, 0.29) is 22.7 Å². The zero-order valence-corrected chi connectivity index (χ0v) is 16.9. The fraction of sp³-hybridized carbons (Fsp3) is 0.611. The number of aromatic nitrogens is 4. The Bertz CT molecular complexity index is 955. The third kappa shape index (κ3) is 2.65. The van der Waals surface area contributed by atoms with E-state index in [9.17, 15) is 9.59 Å². The minimum atomic E-state index is -0.318. The van der Waals surface area contributed by atoms with Gasteiger partial charge in [0, 0.05) is 50.1 Å². The standard InChI is InChI=1S/C18H23N7O2S/c1-12-9-14(25-17(21-12)19-11-20-25)22-5-7-23(8-6-22)16(27)13-10-28-18(2)4-3-15(26)24(13)18/h9,11,13H,3-8,10H2,1-2H3. The van der Waals surface area contributed by atoms with Crippen molar-refractivity contribution < 1.29 is 9.59 Å². The quantitative estimate of drug-likeness (QED) is 0.726. The van der Waals surface area contributed by atoms with Crippen molar-refractivity contribution >= 4 is 35.2 Å². The Morgan fingerprint density at radius 1 is 1.29 bits per heavy atom. The molecule has 0 radical (unpaired) electrons. The lowest BCUT2D eigenvalue weighted by Gasteiger charge is -2.38. The highest BCUT2D eigenvalue weighted by molar-refractivity contribution is 8.01. The highest BCUT2D eigenvalue weighted by atomic mass is 32.2. The molecule has 0 aromatic carbocycles. The molecule has 0 N–H and O–H groups in total. The molecule has 0 spiro atoms. The van der Waals surface area contributed by atoms with E-state index in [4.69, 9.17) is 0 Å². The minimum Gasteiger partial charge on any atom is -0.353 e. The molecule has 0 aliphatic carbocycles. The second kappa shape index (κ2) is 6.33. The SMILES string of the molecule is Cc1cc(N2CCN(C(=O)C3CSC4(C)CCC(=O)N34)CC2)n2ncnc2n1.